The predicted octanol–water partition coefficient (Wildman–Crippen LogP) is 2.68. The molecule has 0 aromatic carbocycles. The van der Waals surface area contributed by atoms with E-state index in [0.29, 0.717) is 32.6 Å². The number of likely N-dealkylation sites (N-methyl/N-ethyl adjacent to an activating group) is 2. The van der Waals surface area contributed by atoms with Crippen LogP contribution in [0.3, 0.4) is 0 Å². The molecule has 0 bridgehead atoms. The van der Waals surface area contributed by atoms with Gasteiger partial charge in [-0.1, -0.05) is 12.1 Å². The van der Waals surface area contributed by atoms with Crippen LogP contribution in [0.4, 0.5) is 0 Å². The molecular formula is C24H27N5O4S2. The summed E-state index contributed by atoms with van der Waals surface area (Å²) in [7, 11) is 0. The molecule has 0 saturated carbocycles. The van der Waals surface area contributed by atoms with E-state index in [9.17, 15) is 19.5 Å². The number of allylic oxidation sites excluding steroid dienone is 2. The summed E-state index contributed by atoms with van der Waals surface area (Å²) < 4.78 is 3.09. The van der Waals surface area contributed by atoms with Gasteiger partial charge in [0.1, 0.15) is 11.1 Å². The number of hydrogen-bond donors (Lipinski definition) is 1. The van der Waals surface area contributed by atoms with Gasteiger partial charge in [0.25, 0.3) is 17.4 Å². The topological polar surface area (TPSA) is 101 Å². The third-order valence-electron chi connectivity index (χ3n) is 5.67. The lowest BCUT2D eigenvalue weighted by Crippen LogP contribution is -2.55. The zero-order valence-corrected chi connectivity index (χ0v) is 21.4. The van der Waals surface area contributed by atoms with Crippen molar-refractivity contribution in [3.05, 3.63) is 68.5 Å². The molecule has 11 heteroatoms. The number of aryl methyl sites for hydroxylation is 1. The highest BCUT2D eigenvalue weighted by atomic mass is 32.1. The Labute approximate surface area is 213 Å². The van der Waals surface area contributed by atoms with E-state index < -0.39 is 17.4 Å². The van der Waals surface area contributed by atoms with Crippen molar-refractivity contribution in [2.75, 3.05) is 13.1 Å². The lowest BCUT2D eigenvalue weighted by atomic mass is 10.1. The Hall–Kier alpha value is -3.44. The monoisotopic (exact) mass is 513 g/mol. The van der Waals surface area contributed by atoms with Crippen LogP contribution >= 0.6 is 24.4 Å². The minimum absolute atomic E-state index is 0.00871. The average molecular weight is 514 g/mol. The molecule has 1 aliphatic rings. The van der Waals surface area contributed by atoms with Gasteiger partial charge in [-0.05, 0) is 75.4 Å². The van der Waals surface area contributed by atoms with Gasteiger partial charge < -0.3 is 5.11 Å². The number of nitrogens with zero attached hydrogens (tertiary/aromatic N) is 5. The smallest absolute Gasteiger partial charge is 0.265 e. The lowest BCUT2D eigenvalue weighted by Gasteiger charge is -2.35. The Balaban J connectivity index is 2.00. The highest BCUT2D eigenvalue weighted by molar-refractivity contribution is 7.80. The van der Waals surface area contributed by atoms with Gasteiger partial charge in [-0.25, -0.2) is 0 Å². The van der Waals surface area contributed by atoms with Gasteiger partial charge in [0, 0.05) is 38.6 Å². The van der Waals surface area contributed by atoms with Crippen LogP contribution in [0, 0.1) is 4.77 Å². The highest BCUT2D eigenvalue weighted by Crippen LogP contribution is 2.20. The average Bonchev–Trinajstić information content (AvgIpc) is 2.84. The molecule has 0 unspecified atom stereocenters. The third kappa shape index (κ3) is 5.15. The molecule has 2 amide bonds. The Morgan fingerprint density at radius 2 is 1.66 bits per heavy atom. The summed E-state index contributed by atoms with van der Waals surface area (Å²) in [5, 5.41) is 11.1. The number of aromatic hydroxyl groups is 1. The fourth-order valence-electron chi connectivity index (χ4n) is 3.77. The number of amides is 2. The highest BCUT2D eigenvalue weighted by Gasteiger charge is 2.37. The van der Waals surface area contributed by atoms with Crippen LogP contribution in [-0.2, 0) is 29.1 Å². The first-order valence-corrected chi connectivity index (χ1v) is 12.1. The van der Waals surface area contributed by atoms with E-state index in [0.717, 1.165) is 5.56 Å². The van der Waals surface area contributed by atoms with Gasteiger partial charge in [0.05, 0.1) is 0 Å². The van der Waals surface area contributed by atoms with E-state index in [1.165, 1.54) is 37.2 Å². The molecule has 1 saturated heterocycles. The molecule has 0 radical (unpaired) electrons. The molecule has 35 heavy (non-hydrogen) atoms. The van der Waals surface area contributed by atoms with Gasteiger partial charge >= 0.3 is 0 Å². The molecular weight excluding hydrogens is 486 g/mol. The minimum Gasteiger partial charge on any atom is -0.494 e. The Morgan fingerprint density at radius 3 is 2.20 bits per heavy atom. The molecule has 1 N–H and O–H groups in total. The minimum atomic E-state index is -0.500. The number of pyridine rings is 1. The Kier molecular flexibility index (Phi) is 8.47. The Bertz CT molecular complexity index is 1300. The van der Waals surface area contributed by atoms with Crippen LogP contribution in [0.1, 0.15) is 31.9 Å². The standard InChI is InChI=1S/C24H27N5O4S2/c1-4-26-19(30)17(20(31)27(5-2)23(26)34)10-7-11-18-21(32)28(6-3)24(35)29(22(18)33)14-12-16-9-8-13-25-15-16/h7-11,13,15,33H,4-6,12,14H2,1-3H3/b11-7+. The molecule has 1 fully saturated rings. The SMILES string of the molecule is CCN1C(=O)C(=C/C=C/c2c(O)n(CCc3cccnc3)c(=S)n(CC)c2=O)C(=O)N(CC)C1=S. The predicted molar refractivity (Wildman–Crippen MR) is 139 cm³/mol. The molecule has 2 aromatic rings. The van der Waals surface area contributed by atoms with Crippen LogP contribution in [-0.4, -0.2) is 59.0 Å². The van der Waals surface area contributed by atoms with Gasteiger partial charge in [-0.3, -0.25) is 38.3 Å². The summed E-state index contributed by atoms with van der Waals surface area (Å²) in [4.78, 5) is 45.3. The Morgan fingerprint density at radius 1 is 1.00 bits per heavy atom. The fourth-order valence-corrected chi connectivity index (χ4v) is 4.58. The van der Waals surface area contributed by atoms with Crippen LogP contribution in [0.2, 0.25) is 0 Å². The van der Waals surface area contributed by atoms with E-state index >= 15 is 0 Å². The summed E-state index contributed by atoms with van der Waals surface area (Å²) in [5.74, 6) is -1.28. The van der Waals surface area contributed by atoms with Crippen molar-refractivity contribution >= 4 is 47.4 Å². The molecule has 3 heterocycles. The summed E-state index contributed by atoms with van der Waals surface area (Å²) >= 11 is 10.7. The molecule has 0 atom stereocenters. The molecule has 184 valence electrons. The fraction of sp³-hybridized carbons (Fsp3) is 0.333. The normalized spacial score (nSPS) is 14.4. The largest absolute Gasteiger partial charge is 0.494 e. The maximum absolute atomic E-state index is 13.0. The van der Waals surface area contributed by atoms with E-state index in [1.807, 2.05) is 12.1 Å². The second-order valence-corrected chi connectivity index (χ2v) is 8.38. The first-order valence-electron chi connectivity index (χ1n) is 11.3. The summed E-state index contributed by atoms with van der Waals surface area (Å²) in [6, 6.07) is 3.74. The number of carbonyl (C=O) groups excluding carboxylic acids is 2. The number of aromatic nitrogens is 3. The van der Waals surface area contributed by atoms with Crippen molar-refractivity contribution in [3.8, 4) is 5.88 Å². The first-order chi connectivity index (χ1) is 16.8. The first kappa shape index (κ1) is 26.2. The molecule has 1 aliphatic heterocycles. The van der Waals surface area contributed by atoms with Crippen molar-refractivity contribution in [1.82, 2.24) is 23.9 Å². The van der Waals surface area contributed by atoms with Crippen LogP contribution in [0.15, 0.2) is 47.0 Å². The quantitative estimate of drug-likeness (QED) is 0.329. The van der Waals surface area contributed by atoms with Gasteiger partial charge in [0.2, 0.25) is 5.88 Å². The summed E-state index contributed by atoms with van der Waals surface area (Å²) in [6.45, 7) is 6.63. The number of carbonyl (C=O) groups is 2. The number of hydrogen-bond acceptors (Lipinski definition) is 7. The second-order valence-electron chi connectivity index (χ2n) is 7.65. The maximum atomic E-state index is 13.0. The summed E-state index contributed by atoms with van der Waals surface area (Å²) in [5.41, 5.74) is 0.431. The molecule has 9 nitrogen and oxygen atoms in total. The van der Waals surface area contributed by atoms with E-state index in [1.54, 1.807) is 33.2 Å². The molecule has 2 aromatic heterocycles. The third-order valence-corrected chi connectivity index (χ3v) is 6.55. The summed E-state index contributed by atoms with van der Waals surface area (Å²) in [6.07, 6.45) is 8.09. The molecule has 0 spiro atoms. The zero-order chi connectivity index (χ0) is 25.7. The van der Waals surface area contributed by atoms with Crippen molar-refractivity contribution in [2.45, 2.75) is 40.3 Å². The van der Waals surface area contributed by atoms with Gasteiger partial charge in [-0.15, -0.1) is 0 Å². The van der Waals surface area contributed by atoms with Crippen molar-refractivity contribution in [2.24, 2.45) is 0 Å². The zero-order valence-electron chi connectivity index (χ0n) is 19.8. The van der Waals surface area contributed by atoms with Gasteiger partial charge in [-0.2, -0.15) is 0 Å². The van der Waals surface area contributed by atoms with Crippen molar-refractivity contribution in [3.63, 3.8) is 0 Å². The van der Waals surface area contributed by atoms with Crippen LogP contribution < -0.4 is 5.56 Å². The van der Waals surface area contributed by atoms with Crippen molar-refractivity contribution < 1.29 is 14.7 Å². The van der Waals surface area contributed by atoms with Crippen LogP contribution in [0.5, 0.6) is 5.88 Å². The van der Waals surface area contributed by atoms with E-state index in [4.69, 9.17) is 24.4 Å². The van der Waals surface area contributed by atoms with E-state index in [-0.39, 0.29) is 26.9 Å². The van der Waals surface area contributed by atoms with Gasteiger partial charge in [0.15, 0.2) is 9.88 Å². The lowest BCUT2D eigenvalue weighted by molar-refractivity contribution is -0.133. The molecule has 3 rings (SSSR count). The van der Waals surface area contributed by atoms with Crippen molar-refractivity contribution in [1.29, 1.82) is 0 Å². The maximum Gasteiger partial charge on any atom is 0.265 e. The molecule has 0 aliphatic carbocycles. The second kappa shape index (κ2) is 11.3. The number of thiocarbonyl (C=S) groups is 1. The van der Waals surface area contributed by atoms with E-state index in [2.05, 4.69) is 4.98 Å². The number of rotatable bonds is 8. The van der Waals surface area contributed by atoms with Crippen LogP contribution in [0.25, 0.3) is 6.08 Å².